The molecule has 1 aliphatic rings. The first-order chi connectivity index (χ1) is 7.08. The van der Waals surface area contributed by atoms with Gasteiger partial charge in [0, 0.05) is 0 Å². The van der Waals surface area contributed by atoms with Crippen LogP contribution < -0.4 is 5.73 Å². The van der Waals surface area contributed by atoms with Gasteiger partial charge in [-0.2, -0.15) is 0 Å². The van der Waals surface area contributed by atoms with E-state index in [9.17, 15) is 8.78 Å². The van der Waals surface area contributed by atoms with Crippen LogP contribution in [0.15, 0.2) is 16.6 Å². The van der Waals surface area contributed by atoms with Gasteiger partial charge in [0.05, 0.1) is 4.47 Å². The van der Waals surface area contributed by atoms with E-state index in [0.29, 0.717) is 18.5 Å². The molecule has 0 heterocycles. The number of halogens is 3. The largest absolute Gasteiger partial charge is 0.330 e. The zero-order valence-electron chi connectivity index (χ0n) is 8.19. The number of rotatable bonds is 3. The maximum atomic E-state index is 13.6. The molecular weight excluding hydrogens is 264 g/mol. The van der Waals surface area contributed by atoms with Gasteiger partial charge >= 0.3 is 0 Å². The lowest BCUT2D eigenvalue weighted by Gasteiger charge is -2.13. The van der Waals surface area contributed by atoms with Crippen LogP contribution >= 0.6 is 15.9 Å². The van der Waals surface area contributed by atoms with Gasteiger partial charge in [-0.05, 0) is 58.8 Å². The maximum Gasteiger partial charge on any atom is 0.143 e. The molecule has 1 aliphatic carbocycles. The summed E-state index contributed by atoms with van der Waals surface area (Å²) in [6, 6.07) is 2.79. The normalized spacial score (nSPS) is 17.9. The molecule has 1 fully saturated rings. The van der Waals surface area contributed by atoms with E-state index >= 15 is 0 Å². The molecule has 0 unspecified atom stereocenters. The lowest BCUT2D eigenvalue weighted by molar-refractivity contribution is 0.492. The van der Waals surface area contributed by atoms with E-state index < -0.39 is 11.6 Å². The number of hydrogen-bond donors (Lipinski definition) is 1. The van der Waals surface area contributed by atoms with Gasteiger partial charge in [0.25, 0.3) is 0 Å². The van der Waals surface area contributed by atoms with Crippen LogP contribution in [0.3, 0.4) is 0 Å². The Hall–Kier alpha value is -0.480. The van der Waals surface area contributed by atoms with Gasteiger partial charge in [0.1, 0.15) is 11.6 Å². The van der Waals surface area contributed by atoms with Crippen LogP contribution in [-0.4, -0.2) is 6.54 Å². The highest BCUT2D eigenvalue weighted by atomic mass is 79.9. The molecule has 0 bridgehead atoms. The molecule has 1 aromatic rings. The van der Waals surface area contributed by atoms with Crippen LogP contribution in [0.2, 0.25) is 0 Å². The van der Waals surface area contributed by atoms with Gasteiger partial charge in [-0.3, -0.25) is 0 Å². The lowest BCUT2D eigenvalue weighted by Crippen LogP contribution is -2.18. The van der Waals surface area contributed by atoms with Crippen molar-refractivity contribution in [3.05, 3.63) is 33.8 Å². The Balaban J connectivity index is 2.26. The lowest BCUT2D eigenvalue weighted by atomic mass is 9.96. The molecule has 1 saturated carbocycles. The van der Waals surface area contributed by atoms with Crippen molar-refractivity contribution in [1.82, 2.24) is 0 Å². The number of benzene rings is 1. The average Bonchev–Trinajstić information content (AvgIpc) is 3.00. The first kappa shape index (κ1) is 11.0. The molecule has 2 N–H and O–H groups in total. The van der Waals surface area contributed by atoms with E-state index in [2.05, 4.69) is 15.9 Å². The maximum absolute atomic E-state index is 13.6. The Morgan fingerprint density at radius 3 is 2.53 bits per heavy atom. The highest BCUT2D eigenvalue weighted by Gasteiger charge is 2.41. The van der Waals surface area contributed by atoms with Crippen molar-refractivity contribution in [1.29, 1.82) is 0 Å². The van der Waals surface area contributed by atoms with Crippen LogP contribution in [0, 0.1) is 17.0 Å². The van der Waals surface area contributed by atoms with E-state index in [4.69, 9.17) is 5.73 Å². The van der Waals surface area contributed by atoms with E-state index in [1.54, 1.807) is 0 Å². The van der Waals surface area contributed by atoms with Crippen LogP contribution in [-0.2, 0) is 6.42 Å². The SMILES string of the molecule is NCC1(Cc2ccc(F)c(Br)c2F)CC1. The Morgan fingerprint density at radius 2 is 2.00 bits per heavy atom. The molecule has 0 aliphatic heterocycles. The Kier molecular flexibility index (Phi) is 2.81. The second-order valence-corrected chi connectivity index (χ2v) is 5.01. The van der Waals surface area contributed by atoms with Crippen LogP contribution in [0.1, 0.15) is 18.4 Å². The first-order valence-corrected chi connectivity index (χ1v) is 5.70. The second kappa shape index (κ2) is 3.83. The zero-order chi connectivity index (χ0) is 11.1. The average molecular weight is 276 g/mol. The van der Waals surface area contributed by atoms with Crippen molar-refractivity contribution in [3.8, 4) is 0 Å². The third kappa shape index (κ3) is 2.06. The van der Waals surface area contributed by atoms with E-state index in [1.165, 1.54) is 12.1 Å². The minimum Gasteiger partial charge on any atom is -0.330 e. The highest BCUT2D eigenvalue weighted by molar-refractivity contribution is 9.10. The standard InChI is InChI=1S/C11H12BrF2N/c12-9-8(13)2-1-7(10(9)14)5-11(6-15)3-4-11/h1-2H,3-6,15H2. The summed E-state index contributed by atoms with van der Waals surface area (Å²) >= 11 is 2.90. The summed E-state index contributed by atoms with van der Waals surface area (Å²) < 4.78 is 26.5. The van der Waals surface area contributed by atoms with Gasteiger partial charge < -0.3 is 5.73 Å². The van der Waals surface area contributed by atoms with Crippen molar-refractivity contribution in [2.24, 2.45) is 11.1 Å². The summed E-state index contributed by atoms with van der Waals surface area (Å²) in [6.45, 7) is 0.571. The minimum absolute atomic E-state index is 0.0676. The summed E-state index contributed by atoms with van der Waals surface area (Å²) in [5, 5.41) is 0. The van der Waals surface area contributed by atoms with Crippen molar-refractivity contribution >= 4 is 15.9 Å². The monoisotopic (exact) mass is 275 g/mol. The molecule has 0 atom stereocenters. The Morgan fingerprint density at radius 1 is 1.33 bits per heavy atom. The van der Waals surface area contributed by atoms with Crippen LogP contribution in [0.25, 0.3) is 0 Å². The molecule has 82 valence electrons. The van der Waals surface area contributed by atoms with Crippen molar-refractivity contribution < 1.29 is 8.78 Å². The summed E-state index contributed by atoms with van der Waals surface area (Å²) in [6.07, 6.45) is 2.68. The second-order valence-electron chi connectivity index (χ2n) is 4.22. The van der Waals surface area contributed by atoms with Gasteiger partial charge in [-0.25, -0.2) is 8.78 Å². The predicted molar refractivity (Wildman–Crippen MR) is 58.5 cm³/mol. The van der Waals surface area contributed by atoms with Gasteiger partial charge in [-0.15, -0.1) is 0 Å². The molecule has 0 spiro atoms. The summed E-state index contributed by atoms with van der Waals surface area (Å²) in [5.41, 5.74) is 6.24. The van der Waals surface area contributed by atoms with Crippen LogP contribution in [0.5, 0.6) is 0 Å². The molecule has 0 amide bonds. The predicted octanol–water partition coefficient (Wildman–Crippen LogP) is 3.01. The van der Waals surface area contributed by atoms with Gasteiger partial charge in [0.2, 0.25) is 0 Å². The number of nitrogens with two attached hydrogens (primary N) is 1. The fraction of sp³-hybridized carbons (Fsp3) is 0.455. The van der Waals surface area contributed by atoms with E-state index in [-0.39, 0.29) is 9.89 Å². The van der Waals surface area contributed by atoms with Gasteiger partial charge in [-0.1, -0.05) is 6.07 Å². The molecule has 15 heavy (non-hydrogen) atoms. The fourth-order valence-corrected chi connectivity index (χ4v) is 2.12. The van der Waals surface area contributed by atoms with Crippen molar-refractivity contribution in [2.45, 2.75) is 19.3 Å². The molecule has 0 radical (unpaired) electrons. The van der Waals surface area contributed by atoms with Crippen molar-refractivity contribution in [2.75, 3.05) is 6.54 Å². The molecule has 2 rings (SSSR count). The molecule has 1 nitrogen and oxygen atoms in total. The molecule has 4 heteroatoms. The van der Waals surface area contributed by atoms with Crippen LogP contribution in [0.4, 0.5) is 8.78 Å². The summed E-state index contributed by atoms with van der Waals surface area (Å²) in [7, 11) is 0. The third-order valence-electron chi connectivity index (χ3n) is 3.07. The zero-order valence-corrected chi connectivity index (χ0v) is 9.78. The third-order valence-corrected chi connectivity index (χ3v) is 3.80. The minimum atomic E-state index is -0.561. The number of hydrogen-bond acceptors (Lipinski definition) is 1. The van der Waals surface area contributed by atoms with Crippen molar-refractivity contribution in [3.63, 3.8) is 0 Å². The fourth-order valence-electron chi connectivity index (χ4n) is 1.74. The highest BCUT2D eigenvalue weighted by Crippen LogP contribution is 2.47. The van der Waals surface area contributed by atoms with E-state index in [1.807, 2.05) is 0 Å². The smallest absolute Gasteiger partial charge is 0.143 e. The molecule has 0 saturated heterocycles. The topological polar surface area (TPSA) is 26.0 Å². The molecular formula is C11H12BrF2N. The molecule has 0 aromatic heterocycles. The first-order valence-electron chi connectivity index (χ1n) is 4.90. The quantitative estimate of drug-likeness (QED) is 0.844. The molecule has 1 aromatic carbocycles. The Bertz CT molecular complexity index is 388. The summed E-state index contributed by atoms with van der Waals surface area (Å²) in [5.74, 6) is -1.05. The Labute approximate surface area is 95.8 Å². The summed E-state index contributed by atoms with van der Waals surface area (Å²) in [4.78, 5) is 0. The van der Waals surface area contributed by atoms with E-state index in [0.717, 1.165) is 12.8 Å². The van der Waals surface area contributed by atoms with Gasteiger partial charge in [0.15, 0.2) is 0 Å².